The van der Waals surface area contributed by atoms with Crippen LogP contribution in [0.2, 0.25) is 0 Å². The van der Waals surface area contributed by atoms with Crippen LogP contribution in [0.5, 0.6) is 5.75 Å². The Bertz CT molecular complexity index is 1410. The number of carbonyl (C=O) groups is 2. The van der Waals surface area contributed by atoms with Crippen molar-refractivity contribution < 1.29 is 27.9 Å². The van der Waals surface area contributed by atoms with E-state index >= 15 is 0 Å². The maximum Gasteiger partial charge on any atom is 0.348 e. The standard InChI is InChI=1S/C28H30N2O6S2/c1-36-21-12-14-22(15-13-21)38(34,35)29-17-24(19-8-4-2-5-9-19)30(26(31)18-29)23-16-25(37-27(23)28(32)33)20-10-6-3-7-11-20/h3,6-7,10-16,19,24H,2,4-5,8-9,17-18H2,1H3,(H,32,33). The zero-order valence-corrected chi connectivity index (χ0v) is 22.7. The van der Waals surface area contributed by atoms with Crippen LogP contribution in [0.25, 0.3) is 10.4 Å². The van der Waals surface area contributed by atoms with Crippen LogP contribution < -0.4 is 9.64 Å². The van der Waals surface area contributed by atoms with Crippen molar-refractivity contribution in [2.24, 2.45) is 5.92 Å². The molecule has 1 saturated carbocycles. The summed E-state index contributed by atoms with van der Waals surface area (Å²) >= 11 is 1.13. The molecule has 0 radical (unpaired) electrons. The van der Waals surface area contributed by atoms with Gasteiger partial charge in [-0.2, -0.15) is 4.31 Å². The van der Waals surface area contributed by atoms with E-state index in [2.05, 4.69) is 0 Å². The number of carbonyl (C=O) groups excluding carboxylic acids is 1. The lowest BCUT2D eigenvalue weighted by Crippen LogP contribution is -2.60. The SMILES string of the molecule is COc1ccc(S(=O)(=O)N2CC(=O)N(c3cc(-c4ccccc4)sc3C(=O)O)C(C3CCCCC3)C2)cc1. The van der Waals surface area contributed by atoms with E-state index in [1.807, 2.05) is 30.3 Å². The first kappa shape index (κ1) is 26.4. The molecule has 1 aliphatic carbocycles. The molecule has 1 aliphatic heterocycles. The third-order valence-corrected chi connectivity index (χ3v) is 10.4. The summed E-state index contributed by atoms with van der Waals surface area (Å²) in [7, 11) is -2.44. The molecule has 1 atom stereocenters. The summed E-state index contributed by atoms with van der Waals surface area (Å²) in [5, 5.41) is 10.1. The largest absolute Gasteiger partial charge is 0.497 e. The number of carboxylic acids is 1. The Balaban J connectivity index is 1.54. The lowest BCUT2D eigenvalue weighted by Gasteiger charge is -2.44. The average molecular weight is 555 g/mol. The Morgan fingerprint density at radius 1 is 1.03 bits per heavy atom. The fraction of sp³-hybridized carbons (Fsp3) is 0.357. The first-order chi connectivity index (χ1) is 18.3. The molecule has 3 aromatic rings. The van der Waals surface area contributed by atoms with Crippen LogP contribution in [0, 0.1) is 5.92 Å². The highest BCUT2D eigenvalue weighted by atomic mass is 32.2. The Morgan fingerprint density at radius 3 is 2.34 bits per heavy atom. The summed E-state index contributed by atoms with van der Waals surface area (Å²) in [5.41, 5.74) is 1.22. The molecule has 200 valence electrons. The van der Waals surface area contributed by atoms with Gasteiger partial charge in [0.25, 0.3) is 0 Å². The highest BCUT2D eigenvalue weighted by Gasteiger charge is 2.44. The highest BCUT2D eigenvalue weighted by molar-refractivity contribution is 7.89. The number of anilines is 1. The van der Waals surface area contributed by atoms with Gasteiger partial charge in [0.05, 0.1) is 30.3 Å². The van der Waals surface area contributed by atoms with E-state index in [4.69, 9.17) is 4.74 Å². The minimum absolute atomic E-state index is 0.0725. The molecule has 8 nitrogen and oxygen atoms in total. The Hall–Kier alpha value is -3.21. The van der Waals surface area contributed by atoms with Gasteiger partial charge in [-0.15, -0.1) is 11.3 Å². The molecule has 1 saturated heterocycles. The Labute approximate surface area is 226 Å². The highest BCUT2D eigenvalue weighted by Crippen LogP contribution is 2.42. The predicted molar refractivity (Wildman–Crippen MR) is 146 cm³/mol. The number of carboxylic acid groups (broad SMARTS) is 1. The first-order valence-electron chi connectivity index (χ1n) is 12.7. The van der Waals surface area contributed by atoms with Crippen LogP contribution in [-0.2, 0) is 14.8 Å². The number of hydrogen-bond donors (Lipinski definition) is 1. The van der Waals surface area contributed by atoms with Gasteiger partial charge in [0, 0.05) is 11.4 Å². The third-order valence-electron chi connectivity index (χ3n) is 7.42. The molecule has 1 aromatic heterocycles. The molecule has 0 spiro atoms. The zero-order valence-electron chi connectivity index (χ0n) is 21.1. The molecule has 0 bridgehead atoms. The lowest BCUT2D eigenvalue weighted by molar-refractivity contribution is -0.121. The number of amides is 1. The third kappa shape index (κ3) is 5.08. The van der Waals surface area contributed by atoms with Gasteiger partial charge in [-0.05, 0) is 54.7 Å². The predicted octanol–water partition coefficient (Wildman–Crippen LogP) is 5.11. The minimum atomic E-state index is -3.94. The van der Waals surface area contributed by atoms with Crippen molar-refractivity contribution in [3.63, 3.8) is 0 Å². The molecule has 1 N–H and O–H groups in total. The van der Waals surface area contributed by atoms with Gasteiger partial charge in [-0.1, -0.05) is 49.6 Å². The van der Waals surface area contributed by atoms with Gasteiger partial charge in [0.1, 0.15) is 10.6 Å². The van der Waals surface area contributed by atoms with E-state index in [1.54, 1.807) is 23.1 Å². The smallest absolute Gasteiger partial charge is 0.348 e. The summed E-state index contributed by atoms with van der Waals surface area (Å²) < 4.78 is 33.6. The summed E-state index contributed by atoms with van der Waals surface area (Å²) in [6, 6.07) is 16.9. The molecule has 2 fully saturated rings. The van der Waals surface area contributed by atoms with Gasteiger partial charge in [0.2, 0.25) is 15.9 Å². The number of hydrogen-bond acceptors (Lipinski definition) is 6. The molecule has 2 heterocycles. The van der Waals surface area contributed by atoms with Gasteiger partial charge in [0.15, 0.2) is 0 Å². The Morgan fingerprint density at radius 2 is 1.71 bits per heavy atom. The van der Waals surface area contributed by atoms with Crippen LogP contribution >= 0.6 is 11.3 Å². The maximum atomic E-state index is 13.8. The second-order valence-corrected chi connectivity index (χ2v) is 12.7. The van der Waals surface area contributed by atoms with E-state index in [0.29, 0.717) is 11.4 Å². The van der Waals surface area contributed by atoms with Gasteiger partial charge >= 0.3 is 5.97 Å². The molecule has 10 heteroatoms. The van der Waals surface area contributed by atoms with Crippen molar-refractivity contribution in [3.8, 4) is 16.2 Å². The number of ether oxygens (including phenoxy) is 1. The Kier molecular flexibility index (Phi) is 7.56. The number of sulfonamides is 1. The lowest BCUT2D eigenvalue weighted by atomic mass is 9.82. The van der Waals surface area contributed by atoms with Crippen LogP contribution in [0.15, 0.2) is 65.6 Å². The average Bonchev–Trinajstić information content (AvgIpc) is 3.39. The molecule has 2 aromatic carbocycles. The van der Waals surface area contributed by atoms with E-state index in [9.17, 15) is 23.1 Å². The molecule has 5 rings (SSSR count). The summed E-state index contributed by atoms with van der Waals surface area (Å²) in [5.74, 6) is -0.902. The first-order valence-corrected chi connectivity index (χ1v) is 14.9. The van der Waals surface area contributed by atoms with Crippen molar-refractivity contribution in [1.29, 1.82) is 0 Å². The summed E-state index contributed by atoms with van der Waals surface area (Å²) in [6.45, 7) is -0.243. The van der Waals surface area contributed by atoms with Crippen LogP contribution in [0.3, 0.4) is 0 Å². The van der Waals surface area contributed by atoms with E-state index < -0.39 is 27.9 Å². The van der Waals surface area contributed by atoms with Crippen molar-refractivity contribution >= 4 is 38.9 Å². The van der Waals surface area contributed by atoms with E-state index in [-0.39, 0.29) is 28.8 Å². The number of piperazine rings is 1. The van der Waals surface area contributed by atoms with Gasteiger partial charge in [-0.25, -0.2) is 13.2 Å². The monoisotopic (exact) mass is 554 g/mol. The van der Waals surface area contributed by atoms with Crippen molar-refractivity contribution in [1.82, 2.24) is 4.31 Å². The van der Waals surface area contributed by atoms with Crippen molar-refractivity contribution in [3.05, 3.63) is 65.5 Å². The van der Waals surface area contributed by atoms with Gasteiger partial charge in [-0.3, -0.25) is 4.79 Å². The quantitative estimate of drug-likeness (QED) is 0.435. The molecule has 2 aliphatic rings. The number of nitrogens with zero attached hydrogens (tertiary/aromatic N) is 2. The zero-order chi connectivity index (χ0) is 26.9. The maximum absolute atomic E-state index is 13.8. The summed E-state index contributed by atoms with van der Waals surface area (Å²) in [4.78, 5) is 28.6. The normalized spacial score (nSPS) is 19.4. The molecule has 38 heavy (non-hydrogen) atoms. The topological polar surface area (TPSA) is 104 Å². The second kappa shape index (κ2) is 10.9. The van der Waals surface area contributed by atoms with Crippen LogP contribution in [0.1, 0.15) is 41.8 Å². The molecule has 1 amide bonds. The molecular formula is C28H30N2O6S2. The number of aromatic carboxylic acids is 1. The summed E-state index contributed by atoms with van der Waals surface area (Å²) in [6.07, 6.45) is 4.83. The second-order valence-electron chi connectivity index (χ2n) is 9.70. The number of rotatable bonds is 7. The number of methoxy groups -OCH3 is 1. The fourth-order valence-corrected chi connectivity index (χ4v) is 7.90. The van der Waals surface area contributed by atoms with E-state index in [0.717, 1.165) is 53.9 Å². The van der Waals surface area contributed by atoms with Gasteiger partial charge < -0.3 is 14.7 Å². The van der Waals surface area contributed by atoms with Crippen LogP contribution in [0.4, 0.5) is 5.69 Å². The molecular weight excluding hydrogens is 524 g/mol. The molecule has 1 unspecified atom stereocenters. The van der Waals surface area contributed by atoms with E-state index in [1.165, 1.54) is 23.5 Å². The number of benzene rings is 2. The fourth-order valence-electron chi connectivity index (χ4n) is 5.50. The van der Waals surface area contributed by atoms with Crippen LogP contribution in [-0.4, -0.2) is 55.9 Å². The minimum Gasteiger partial charge on any atom is -0.497 e. The van der Waals surface area contributed by atoms with Crippen molar-refractivity contribution in [2.45, 2.75) is 43.0 Å². The van der Waals surface area contributed by atoms with Crippen molar-refractivity contribution in [2.75, 3.05) is 25.1 Å². The number of thiophene rings is 1.